The molecular formula is C16H20BrN3S. The Morgan fingerprint density at radius 3 is 2.43 bits per heavy atom. The van der Waals surface area contributed by atoms with Crippen LogP contribution in [0.15, 0.2) is 38.8 Å². The van der Waals surface area contributed by atoms with Crippen LogP contribution in [0.3, 0.4) is 0 Å². The van der Waals surface area contributed by atoms with E-state index >= 15 is 0 Å². The zero-order valence-electron chi connectivity index (χ0n) is 12.8. The Hall–Kier alpha value is -0.910. The Morgan fingerprint density at radius 1 is 1.19 bits per heavy atom. The largest absolute Gasteiger partial charge is 0.310 e. The third kappa shape index (κ3) is 4.53. The molecule has 0 radical (unpaired) electrons. The second-order valence-electron chi connectivity index (χ2n) is 5.00. The van der Waals surface area contributed by atoms with Gasteiger partial charge in [-0.15, -0.1) is 0 Å². The number of halogens is 1. The van der Waals surface area contributed by atoms with E-state index in [-0.39, 0.29) is 0 Å². The van der Waals surface area contributed by atoms with E-state index in [1.807, 2.05) is 19.9 Å². The van der Waals surface area contributed by atoms with Crippen molar-refractivity contribution < 1.29 is 0 Å². The molecule has 5 heteroatoms. The molecule has 2 aromatic rings. The molecule has 0 bridgehead atoms. The van der Waals surface area contributed by atoms with Crippen LogP contribution in [0, 0.1) is 13.8 Å². The Balaban J connectivity index is 2.21. The summed E-state index contributed by atoms with van der Waals surface area (Å²) < 4.78 is 1.08. The summed E-state index contributed by atoms with van der Waals surface area (Å²) in [6, 6.07) is 8.78. The van der Waals surface area contributed by atoms with Gasteiger partial charge in [-0.1, -0.05) is 13.0 Å². The second-order valence-corrected chi connectivity index (χ2v) is 6.87. The standard InChI is InChI=1S/C16H20BrN3S/c1-5-18-12(4)13-6-7-15(14(17)9-13)21-16-19-10(2)8-11(3)20-16/h6-9,12,18H,5H2,1-4H3. The maximum atomic E-state index is 4.48. The average Bonchev–Trinajstić information content (AvgIpc) is 2.40. The fraction of sp³-hybridized carbons (Fsp3) is 0.375. The van der Waals surface area contributed by atoms with Crippen LogP contribution in [-0.2, 0) is 0 Å². The van der Waals surface area contributed by atoms with Crippen LogP contribution in [0.1, 0.15) is 36.8 Å². The zero-order valence-corrected chi connectivity index (χ0v) is 15.2. The molecule has 0 aliphatic heterocycles. The third-order valence-electron chi connectivity index (χ3n) is 3.13. The highest BCUT2D eigenvalue weighted by atomic mass is 79.9. The van der Waals surface area contributed by atoms with Crippen molar-refractivity contribution in [3.05, 3.63) is 45.7 Å². The van der Waals surface area contributed by atoms with Crippen molar-refractivity contribution in [2.75, 3.05) is 6.54 Å². The smallest absolute Gasteiger partial charge is 0.192 e. The molecule has 1 heterocycles. The summed E-state index contributed by atoms with van der Waals surface area (Å²) >= 11 is 5.24. The first-order valence-corrected chi connectivity index (χ1v) is 8.63. The second kappa shape index (κ2) is 7.38. The Bertz CT molecular complexity index is 611. The maximum Gasteiger partial charge on any atom is 0.192 e. The molecule has 0 saturated heterocycles. The SMILES string of the molecule is CCNC(C)c1ccc(Sc2nc(C)cc(C)n2)c(Br)c1. The van der Waals surface area contributed by atoms with Crippen LogP contribution in [0.4, 0.5) is 0 Å². The van der Waals surface area contributed by atoms with Gasteiger partial charge in [0.25, 0.3) is 0 Å². The van der Waals surface area contributed by atoms with Gasteiger partial charge in [0, 0.05) is 26.8 Å². The summed E-state index contributed by atoms with van der Waals surface area (Å²) in [5, 5.41) is 4.21. The van der Waals surface area contributed by atoms with E-state index in [0.29, 0.717) is 6.04 Å². The molecule has 1 N–H and O–H groups in total. The molecule has 1 atom stereocenters. The Kier molecular flexibility index (Phi) is 5.79. The van der Waals surface area contributed by atoms with E-state index in [4.69, 9.17) is 0 Å². The average molecular weight is 366 g/mol. The van der Waals surface area contributed by atoms with Gasteiger partial charge in [-0.05, 0) is 78.8 Å². The van der Waals surface area contributed by atoms with E-state index in [2.05, 4.69) is 63.3 Å². The number of nitrogens with one attached hydrogen (secondary N) is 1. The summed E-state index contributed by atoms with van der Waals surface area (Å²) in [6.45, 7) is 9.24. The molecule has 112 valence electrons. The first-order chi connectivity index (χ1) is 9.99. The van der Waals surface area contributed by atoms with Gasteiger partial charge in [0.1, 0.15) is 0 Å². The lowest BCUT2D eigenvalue weighted by atomic mass is 10.1. The Morgan fingerprint density at radius 2 is 1.86 bits per heavy atom. The molecular weight excluding hydrogens is 346 g/mol. The fourth-order valence-electron chi connectivity index (χ4n) is 2.13. The van der Waals surface area contributed by atoms with Gasteiger partial charge in [0.2, 0.25) is 0 Å². The number of aromatic nitrogens is 2. The van der Waals surface area contributed by atoms with E-state index in [0.717, 1.165) is 32.5 Å². The maximum absolute atomic E-state index is 4.48. The number of nitrogens with zero attached hydrogens (tertiary/aromatic N) is 2. The number of benzene rings is 1. The van der Waals surface area contributed by atoms with Gasteiger partial charge >= 0.3 is 0 Å². The molecule has 1 aromatic heterocycles. The van der Waals surface area contributed by atoms with Gasteiger partial charge in [-0.25, -0.2) is 9.97 Å². The number of rotatable bonds is 5. The third-order valence-corrected chi connectivity index (χ3v) is 4.99. The summed E-state index contributed by atoms with van der Waals surface area (Å²) in [4.78, 5) is 10.1. The molecule has 0 fully saturated rings. The lowest BCUT2D eigenvalue weighted by molar-refractivity contribution is 0.597. The quantitative estimate of drug-likeness (QED) is 0.780. The number of hydrogen-bond donors (Lipinski definition) is 1. The first kappa shape index (κ1) is 16.5. The molecule has 0 amide bonds. The van der Waals surface area contributed by atoms with E-state index < -0.39 is 0 Å². The van der Waals surface area contributed by atoms with Crippen LogP contribution in [-0.4, -0.2) is 16.5 Å². The van der Waals surface area contributed by atoms with Crippen LogP contribution in [0.25, 0.3) is 0 Å². The lowest BCUT2D eigenvalue weighted by Crippen LogP contribution is -2.17. The highest BCUT2D eigenvalue weighted by Gasteiger charge is 2.10. The fourth-order valence-corrected chi connectivity index (χ4v) is 3.64. The highest BCUT2D eigenvalue weighted by molar-refractivity contribution is 9.10. The predicted octanol–water partition coefficient (Wildman–Crippen LogP) is 4.68. The molecule has 0 saturated carbocycles. The van der Waals surface area contributed by atoms with Crippen molar-refractivity contribution in [1.29, 1.82) is 0 Å². The molecule has 1 aromatic carbocycles. The topological polar surface area (TPSA) is 37.8 Å². The van der Waals surface area contributed by atoms with Crippen molar-refractivity contribution in [3.63, 3.8) is 0 Å². The van der Waals surface area contributed by atoms with Crippen LogP contribution >= 0.6 is 27.7 Å². The van der Waals surface area contributed by atoms with Gasteiger partial charge in [0.05, 0.1) is 0 Å². The van der Waals surface area contributed by atoms with E-state index in [1.165, 1.54) is 5.56 Å². The zero-order chi connectivity index (χ0) is 15.4. The molecule has 0 aliphatic carbocycles. The van der Waals surface area contributed by atoms with Crippen LogP contribution in [0.2, 0.25) is 0 Å². The number of hydrogen-bond acceptors (Lipinski definition) is 4. The van der Waals surface area contributed by atoms with Gasteiger partial charge in [0.15, 0.2) is 5.16 Å². The van der Waals surface area contributed by atoms with Gasteiger partial charge in [-0.2, -0.15) is 0 Å². The van der Waals surface area contributed by atoms with Crippen molar-refractivity contribution in [1.82, 2.24) is 15.3 Å². The normalized spacial score (nSPS) is 12.4. The summed E-state index contributed by atoms with van der Waals surface area (Å²) in [5.41, 5.74) is 3.27. The minimum absolute atomic E-state index is 0.350. The molecule has 21 heavy (non-hydrogen) atoms. The van der Waals surface area contributed by atoms with Gasteiger partial charge < -0.3 is 5.32 Å². The molecule has 3 nitrogen and oxygen atoms in total. The first-order valence-electron chi connectivity index (χ1n) is 7.02. The highest BCUT2D eigenvalue weighted by Crippen LogP contribution is 2.33. The van der Waals surface area contributed by atoms with E-state index in [1.54, 1.807) is 11.8 Å². The molecule has 1 unspecified atom stereocenters. The molecule has 0 aliphatic rings. The number of aryl methyl sites for hydroxylation is 2. The summed E-state index contributed by atoms with van der Waals surface area (Å²) in [7, 11) is 0. The monoisotopic (exact) mass is 365 g/mol. The van der Waals surface area contributed by atoms with Crippen LogP contribution < -0.4 is 5.32 Å². The van der Waals surface area contributed by atoms with Crippen LogP contribution in [0.5, 0.6) is 0 Å². The minimum Gasteiger partial charge on any atom is -0.310 e. The van der Waals surface area contributed by atoms with Crippen molar-refractivity contribution in [2.24, 2.45) is 0 Å². The van der Waals surface area contributed by atoms with Crippen molar-refractivity contribution in [2.45, 2.75) is 43.8 Å². The van der Waals surface area contributed by atoms with Gasteiger partial charge in [-0.3, -0.25) is 0 Å². The molecule has 0 spiro atoms. The molecule has 2 rings (SSSR count). The Labute approximate surface area is 139 Å². The van der Waals surface area contributed by atoms with Crippen molar-refractivity contribution >= 4 is 27.7 Å². The summed E-state index contributed by atoms with van der Waals surface area (Å²) in [6.07, 6.45) is 0. The van der Waals surface area contributed by atoms with Crippen molar-refractivity contribution in [3.8, 4) is 0 Å². The minimum atomic E-state index is 0.350. The lowest BCUT2D eigenvalue weighted by Gasteiger charge is -2.14. The summed E-state index contributed by atoms with van der Waals surface area (Å²) in [5.74, 6) is 0. The van der Waals surface area contributed by atoms with E-state index in [9.17, 15) is 0 Å². The predicted molar refractivity (Wildman–Crippen MR) is 91.9 cm³/mol.